The molecule has 0 saturated carbocycles. The summed E-state index contributed by atoms with van der Waals surface area (Å²) in [7, 11) is -3.63. The van der Waals surface area contributed by atoms with Gasteiger partial charge in [-0.15, -0.1) is 0 Å². The summed E-state index contributed by atoms with van der Waals surface area (Å²) >= 11 is 3.23. The molecule has 0 aliphatic rings. The second kappa shape index (κ2) is 8.58. The van der Waals surface area contributed by atoms with E-state index in [-0.39, 0.29) is 6.61 Å². The Labute approximate surface area is 124 Å². The topological polar surface area (TPSA) is 43.4 Å². The first-order chi connectivity index (χ1) is 9.51. The van der Waals surface area contributed by atoms with Crippen LogP contribution < -0.4 is 0 Å². The minimum Gasteiger partial charge on any atom is -0.257 e. The lowest BCUT2D eigenvalue weighted by Crippen LogP contribution is -1.97. The minimum absolute atomic E-state index is 0.0344. The molecule has 2 aromatic carbocycles. The molecule has 20 heavy (non-hydrogen) atoms. The fraction of sp³-hybridized carbons (Fsp3) is 0.0667. The van der Waals surface area contributed by atoms with Crippen LogP contribution in [0.5, 0.6) is 0 Å². The van der Waals surface area contributed by atoms with E-state index in [1.54, 1.807) is 12.1 Å². The molecule has 0 unspecified atom stereocenters. The molecule has 0 fully saturated rings. The maximum atomic E-state index is 10.4. The quantitative estimate of drug-likeness (QED) is 0.691. The molecule has 0 N–H and O–H groups in total. The monoisotopic (exact) mass is 308 g/mol. The van der Waals surface area contributed by atoms with E-state index in [0.29, 0.717) is 0 Å². The van der Waals surface area contributed by atoms with Crippen LogP contribution in [0, 0.1) is 0 Å². The Hall–Kier alpha value is -1.56. The molecule has 0 radical (unpaired) electrons. The van der Waals surface area contributed by atoms with E-state index in [0.717, 1.165) is 5.56 Å². The van der Waals surface area contributed by atoms with Crippen molar-refractivity contribution in [3.8, 4) is 0 Å². The van der Waals surface area contributed by atoms with Crippen molar-refractivity contribution in [3.05, 3.63) is 78.4 Å². The summed E-state index contributed by atoms with van der Waals surface area (Å²) in [5.41, 5.74) is 1.97. The Morgan fingerprint density at radius 1 is 1.00 bits per heavy atom. The Bertz CT molecular complexity index is 608. The molecule has 0 aliphatic carbocycles. The van der Waals surface area contributed by atoms with Gasteiger partial charge in [-0.05, 0) is 22.8 Å². The van der Waals surface area contributed by atoms with Gasteiger partial charge in [-0.3, -0.25) is 4.18 Å². The first-order valence-electron chi connectivity index (χ1n) is 5.84. The van der Waals surface area contributed by atoms with Crippen molar-refractivity contribution in [2.24, 2.45) is 0 Å². The van der Waals surface area contributed by atoms with Crippen molar-refractivity contribution in [2.75, 3.05) is 0 Å². The van der Waals surface area contributed by atoms with Crippen molar-refractivity contribution < 1.29 is 12.6 Å². The van der Waals surface area contributed by atoms with E-state index >= 15 is 0 Å². The second-order valence-electron chi connectivity index (χ2n) is 3.79. The molecule has 3 nitrogen and oxygen atoms in total. The summed E-state index contributed by atoms with van der Waals surface area (Å²) in [4.78, 5) is 0. The Balaban J connectivity index is 0.000000217. The highest BCUT2D eigenvalue weighted by atomic mass is 33.1. The SMILES string of the molecule is C=Cc1ccccc1.O=S(=O)(S)OCc1ccccc1. The second-order valence-corrected chi connectivity index (χ2v) is 6.22. The van der Waals surface area contributed by atoms with Crippen LogP contribution in [0.2, 0.25) is 0 Å². The van der Waals surface area contributed by atoms with Crippen molar-refractivity contribution in [1.29, 1.82) is 0 Å². The van der Waals surface area contributed by atoms with Crippen LogP contribution in [-0.4, -0.2) is 8.42 Å². The number of hydrogen-bond acceptors (Lipinski definition) is 3. The maximum absolute atomic E-state index is 10.4. The summed E-state index contributed by atoms with van der Waals surface area (Å²) in [6.07, 6.45) is 1.83. The molecule has 0 bridgehead atoms. The van der Waals surface area contributed by atoms with Crippen LogP contribution in [0.1, 0.15) is 11.1 Å². The summed E-state index contributed by atoms with van der Waals surface area (Å²) < 4.78 is 25.3. The largest absolute Gasteiger partial charge is 0.319 e. The van der Waals surface area contributed by atoms with Gasteiger partial charge in [0.25, 0.3) is 0 Å². The van der Waals surface area contributed by atoms with Gasteiger partial charge in [-0.25, -0.2) is 0 Å². The van der Waals surface area contributed by atoms with E-state index in [9.17, 15) is 8.42 Å². The van der Waals surface area contributed by atoms with Crippen molar-refractivity contribution in [2.45, 2.75) is 6.61 Å². The fourth-order valence-corrected chi connectivity index (χ4v) is 1.75. The lowest BCUT2D eigenvalue weighted by atomic mass is 10.2. The van der Waals surface area contributed by atoms with Crippen molar-refractivity contribution in [3.63, 3.8) is 0 Å². The smallest absolute Gasteiger partial charge is 0.257 e. The van der Waals surface area contributed by atoms with Crippen LogP contribution in [0.15, 0.2) is 67.2 Å². The highest BCUT2D eigenvalue weighted by Gasteiger charge is 2.02. The van der Waals surface area contributed by atoms with Gasteiger partial charge in [0.2, 0.25) is 0 Å². The van der Waals surface area contributed by atoms with E-state index in [1.165, 1.54) is 5.56 Å². The molecule has 0 aromatic heterocycles. The molecule has 0 heterocycles. The molecular weight excluding hydrogens is 292 g/mol. The Morgan fingerprint density at radius 2 is 1.50 bits per heavy atom. The zero-order valence-corrected chi connectivity index (χ0v) is 12.6. The molecule has 0 saturated heterocycles. The molecule has 0 spiro atoms. The highest BCUT2D eigenvalue weighted by molar-refractivity contribution is 8.61. The molecule has 2 aromatic rings. The van der Waals surface area contributed by atoms with E-state index in [2.05, 4.69) is 22.4 Å². The number of hydrogen-bond donors (Lipinski definition) is 1. The Kier molecular flexibility index (Phi) is 7.08. The zero-order valence-electron chi connectivity index (χ0n) is 10.8. The summed E-state index contributed by atoms with van der Waals surface area (Å²) in [6.45, 7) is 3.67. The zero-order chi connectivity index (χ0) is 14.8. The third-order valence-corrected chi connectivity index (χ3v) is 2.98. The average molecular weight is 308 g/mol. The molecule has 5 heteroatoms. The third-order valence-electron chi connectivity index (χ3n) is 2.25. The van der Waals surface area contributed by atoms with Gasteiger partial charge in [0.1, 0.15) is 0 Å². The number of thiol groups is 1. The van der Waals surface area contributed by atoms with E-state index in [1.807, 2.05) is 54.6 Å². The third kappa shape index (κ3) is 7.78. The molecule has 2 rings (SSSR count). The average Bonchev–Trinajstić information content (AvgIpc) is 2.47. The molecular formula is C15H16O3S2. The van der Waals surface area contributed by atoms with Crippen LogP contribution in [0.4, 0.5) is 0 Å². The summed E-state index contributed by atoms with van der Waals surface area (Å²) in [6, 6.07) is 19.0. The van der Waals surface area contributed by atoms with Crippen molar-refractivity contribution in [1.82, 2.24) is 0 Å². The maximum Gasteiger partial charge on any atom is 0.319 e. The highest BCUT2D eigenvalue weighted by Crippen LogP contribution is 2.05. The normalized spacial score (nSPS) is 10.2. The van der Waals surface area contributed by atoms with Crippen molar-refractivity contribution >= 4 is 26.9 Å². The van der Waals surface area contributed by atoms with Crippen LogP contribution in [-0.2, 0) is 19.9 Å². The molecule has 0 amide bonds. The van der Waals surface area contributed by atoms with Crippen LogP contribution in [0.3, 0.4) is 0 Å². The van der Waals surface area contributed by atoms with Gasteiger partial charge in [0, 0.05) is 0 Å². The van der Waals surface area contributed by atoms with Gasteiger partial charge >= 0.3 is 9.15 Å². The number of benzene rings is 2. The van der Waals surface area contributed by atoms with Gasteiger partial charge in [0.15, 0.2) is 0 Å². The molecule has 0 aliphatic heterocycles. The van der Waals surface area contributed by atoms with Gasteiger partial charge in [-0.1, -0.05) is 73.3 Å². The summed E-state index contributed by atoms with van der Waals surface area (Å²) in [5, 5.41) is 0. The first kappa shape index (κ1) is 16.5. The van der Waals surface area contributed by atoms with Crippen LogP contribution in [0.25, 0.3) is 6.08 Å². The lowest BCUT2D eigenvalue weighted by molar-refractivity contribution is 0.319. The molecule has 106 valence electrons. The Morgan fingerprint density at radius 3 is 1.90 bits per heavy atom. The lowest BCUT2D eigenvalue weighted by Gasteiger charge is -1.99. The number of rotatable bonds is 4. The van der Waals surface area contributed by atoms with E-state index < -0.39 is 9.15 Å². The van der Waals surface area contributed by atoms with E-state index in [4.69, 9.17) is 0 Å². The summed E-state index contributed by atoms with van der Waals surface area (Å²) in [5.74, 6) is 0. The fourth-order valence-electron chi connectivity index (χ4n) is 1.31. The minimum atomic E-state index is -3.63. The van der Waals surface area contributed by atoms with Gasteiger partial charge in [0.05, 0.1) is 6.61 Å². The standard InChI is InChI=1S/C8H8.C7H8O3S2/c1-2-8-6-4-3-5-7-8;8-12(9,11)10-6-7-4-2-1-3-5-7/h2-7H,1H2;1-5H,6H2,(H,8,9,11). The first-order valence-corrected chi connectivity index (χ1v) is 8.30. The van der Waals surface area contributed by atoms with Crippen LogP contribution >= 0.6 is 11.7 Å². The predicted octanol–water partition coefficient (Wildman–Crippen LogP) is 3.71. The van der Waals surface area contributed by atoms with Gasteiger partial charge < -0.3 is 0 Å². The van der Waals surface area contributed by atoms with Gasteiger partial charge in [-0.2, -0.15) is 8.42 Å². The molecule has 0 atom stereocenters. The predicted molar refractivity (Wildman–Crippen MR) is 85.7 cm³/mol.